The predicted molar refractivity (Wildman–Crippen MR) is 39.6 cm³/mol. The van der Waals surface area contributed by atoms with Crippen LogP contribution in [0, 0.1) is 17.5 Å². The van der Waals surface area contributed by atoms with Crippen LogP contribution in [0.1, 0.15) is 12.5 Å². The molecule has 0 aliphatic carbocycles. The van der Waals surface area contributed by atoms with E-state index in [-0.39, 0.29) is 5.56 Å². The molecule has 0 aromatic heterocycles. The van der Waals surface area contributed by atoms with E-state index in [2.05, 4.69) is 0 Å². The number of benzene rings is 1. The fraction of sp³-hybridized carbons (Fsp3) is 0.333. The minimum atomic E-state index is -1.18. The number of hydrogen-bond acceptors (Lipinski definition) is 1. The zero-order valence-electron chi connectivity index (χ0n) is 6.90. The molecule has 4 heteroatoms. The quantitative estimate of drug-likeness (QED) is 0.486. The first kappa shape index (κ1) is 8.56. The number of rotatable bonds is 1. The lowest BCUT2D eigenvalue weighted by atomic mass is 10.0. The van der Waals surface area contributed by atoms with E-state index in [1.165, 1.54) is 0 Å². The van der Waals surface area contributed by atoms with E-state index in [1.54, 1.807) is 6.92 Å². The molecule has 2 rings (SSSR count). The Labute approximate surface area is 73.1 Å². The number of halogens is 3. The van der Waals surface area contributed by atoms with Crippen molar-refractivity contribution in [3.05, 3.63) is 35.1 Å². The maximum atomic E-state index is 13.1. The van der Waals surface area contributed by atoms with Gasteiger partial charge in [-0.25, -0.2) is 13.2 Å². The second-order valence-corrected chi connectivity index (χ2v) is 3.27. The van der Waals surface area contributed by atoms with E-state index in [0.29, 0.717) is 12.7 Å². The predicted octanol–water partition coefficient (Wildman–Crippen LogP) is 2.35. The number of epoxide rings is 1. The van der Waals surface area contributed by atoms with Crippen molar-refractivity contribution in [3.8, 4) is 0 Å². The van der Waals surface area contributed by atoms with Crippen LogP contribution in [0.5, 0.6) is 0 Å². The van der Waals surface area contributed by atoms with E-state index in [4.69, 9.17) is 4.74 Å². The van der Waals surface area contributed by atoms with E-state index >= 15 is 0 Å². The van der Waals surface area contributed by atoms with Gasteiger partial charge in [-0.15, -0.1) is 0 Å². The third-order valence-corrected chi connectivity index (χ3v) is 2.16. The molecule has 0 spiro atoms. The molecule has 1 aromatic carbocycles. The highest BCUT2D eigenvalue weighted by atomic mass is 19.2. The maximum absolute atomic E-state index is 13.1. The van der Waals surface area contributed by atoms with Gasteiger partial charge in [0.25, 0.3) is 0 Å². The van der Waals surface area contributed by atoms with Crippen LogP contribution in [0.15, 0.2) is 12.1 Å². The summed E-state index contributed by atoms with van der Waals surface area (Å²) in [6.45, 7) is 1.97. The van der Waals surface area contributed by atoms with Crippen LogP contribution in [-0.4, -0.2) is 6.61 Å². The molecule has 70 valence electrons. The Hall–Kier alpha value is -1.03. The molecule has 1 unspecified atom stereocenters. The lowest BCUT2D eigenvalue weighted by Gasteiger charge is -2.07. The van der Waals surface area contributed by atoms with Crippen molar-refractivity contribution in [1.29, 1.82) is 0 Å². The van der Waals surface area contributed by atoms with Crippen molar-refractivity contribution < 1.29 is 17.9 Å². The summed E-state index contributed by atoms with van der Waals surface area (Å²) in [4.78, 5) is 0. The Morgan fingerprint density at radius 1 is 1.15 bits per heavy atom. The van der Waals surface area contributed by atoms with Gasteiger partial charge in [-0.2, -0.15) is 0 Å². The first-order valence-electron chi connectivity index (χ1n) is 3.82. The zero-order chi connectivity index (χ0) is 9.64. The SMILES string of the molecule is CC1(c2cc(F)c(F)cc2F)CO1. The van der Waals surface area contributed by atoms with Gasteiger partial charge in [0.1, 0.15) is 11.4 Å². The van der Waals surface area contributed by atoms with Gasteiger partial charge < -0.3 is 4.74 Å². The highest BCUT2D eigenvalue weighted by molar-refractivity contribution is 5.28. The molecule has 13 heavy (non-hydrogen) atoms. The summed E-state index contributed by atoms with van der Waals surface area (Å²) in [6, 6.07) is 1.38. The fourth-order valence-corrected chi connectivity index (χ4v) is 1.19. The molecular weight excluding hydrogens is 181 g/mol. The highest BCUT2D eigenvalue weighted by Gasteiger charge is 2.43. The smallest absolute Gasteiger partial charge is 0.161 e. The second kappa shape index (κ2) is 2.48. The van der Waals surface area contributed by atoms with E-state index in [1.807, 2.05) is 0 Å². The average Bonchev–Trinajstić information content (AvgIpc) is 2.77. The molecule has 0 N–H and O–H groups in total. The van der Waals surface area contributed by atoms with Gasteiger partial charge in [0.05, 0.1) is 6.61 Å². The van der Waals surface area contributed by atoms with Crippen LogP contribution in [0.2, 0.25) is 0 Å². The molecule has 0 saturated carbocycles. The molecule has 1 aliphatic rings. The Bertz CT molecular complexity index is 358. The maximum Gasteiger partial charge on any atom is 0.161 e. The van der Waals surface area contributed by atoms with E-state index in [9.17, 15) is 13.2 Å². The molecule has 1 nitrogen and oxygen atoms in total. The van der Waals surface area contributed by atoms with Crippen molar-refractivity contribution in [2.75, 3.05) is 6.61 Å². The monoisotopic (exact) mass is 188 g/mol. The molecule has 0 radical (unpaired) electrons. The van der Waals surface area contributed by atoms with Crippen LogP contribution in [0.4, 0.5) is 13.2 Å². The Kier molecular flexibility index (Phi) is 1.63. The second-order valence-electron chi connectivity index (χ2n) is 3.27. The van der Waals surface area contributed by atoms with Gasteiger partial charge in [-0.3, -0.25) is 0 Å². The summed E-state index contributed by atoms with van der Waals surface area (Å²) >= 11 is 0. The van der Waals surface area contributed by atoms with Crippen LogP contribution < -0.4 is 0 Å². The van der Waals surface area contributed by atoms with Crippen molar-refractivity contribution in [2.24, 2.45) is 0 Å². The van der Waals surface area contributed by atoms with Gasteiger partial charge in [0.2, 0.25) is 0 Å². The Morgan fingerprint density at radius 2 is 1.69 bits per heavy atom. The molecule has 1 aromatic rings. The lowest BCUT2D eigenvalue weighted by molar-refractivity contribution is 0.319. The van der Waals surface area contributed by atoms with Crippen LogP contribution in [0.3, 0.4) is 0 Å². The van der Waals surface area contributed by atoms with Gasteiger partial charge in [-0.05, 0) is 13.0 Å². The molecule has 1 heterocycles. The first-order chi connectivity index (χ1) is 6.03. The van der Waals surface area contributed by atoms with Crippen LogP contribution in [-0.2, 0) is 10.3 Å². The lowest BCUT2D eigenvalue weighted by Crippen LogP contribution is -2.07. The highest BCUT2D eigenvalue weighted by Crippen LogP contribution is 2.39. The number of hydrogen-bond donors (Lipinski definition) is 0. The van der Waals surface area contributed by atoms with E-state index in [0.717, 1.165) is 6.07 Å². The molecule has 1 aliphatic heterocycles. The molecule has 0 amide bonds. The summed E-state index contributed by atoms with van der Waals surface area (Å²) < 4.78 is 43.2. The Balaban J connectivity index is 2.52. The third-order valence-electron chi connectivity index (χ3n) is 2.16. The Morgan fingerprint density at radius 3 is 2.23 bits per heavy atom. The summed E-state index contributed by atoms with van der Waals surface area (Å²) in [5.41, 5.74) is -0.690. The van der Waals surface area contributed by atoms with Gasteiger partial charge in [0.15, 0.2) is 11.6 Å². The summed E-state index contributed by atoms with van der Waals surface area (Å²) in [6.07, 6.45) is 0. The summed E-state index contributed by atoms with van der Waals surface area (Å²) in [5, 5.41) is 0. The van der Waals surface area contributed by atoms with Gasteiger partial charge >= 0.3 is 0 Å². The largest absolute Gasteiger partial charge is 0.365 e. The molecule has 0 bridgehead atoms. The standard InChI is InChI=1S/C9H7F3O/c1-9(4-13-9)5-2-7(11)8(12)3-6(5)10/h2-3H,4H2,1H3. The summed E-state index contributed by atoms with van der Waals surface area (Å²) in [7, 11) is 0. The van der Waals surface area contributed by atoms with Gasteiger partial charge in [-0.1, -0.05) is 0 Å². The van der Waals surface area contributed by atoms with E-state index < -0.39 is 23.1 Å². The molecule has 1 saturated heterocycles. The normalized spacial score (nSPS) is 26.2. The van der Waals surface area contributed by atoms with Crippen molar-refractivity contribution in [3.63, 3.8) is 0 Å². The minimum Gasteiger partial charge on any atom is -0.365 e. The fourth-order valence-electron chi connectivity index (χ4n) is 1.19. The van der Waals surface area contributed by atoms with Crippen LogP contribution in [0.25, 0.3) is 0 Å². The molecular formula is C9H7F3O. The number of ether oxygens (including phenoxy) is 1. The molecule has 1 fully saturated rings. The average molecular weight is 188 g/mol. The van der Waals surface area contributed by atoms with Gasteiger partial charge in [0, 0.05) is 11.6 Å². The van der Waals surface area contributed by atoms with Crippen LogP contribution >= 0.6 is 0 Å². The minimum absolute atomic E-state index is 0.0754. The topological polar surface area (TPSA) is 12.5 Å². The van der Waals surface area contributed by atoms with Crippen molar-refractivity contribution in [1.82, 2.24) is 0 Å². The van der Waals surface area contributed by atoms with Crippen molar-refractivity contribution >= 4 is 0 Å². The third kappa shape index (κ3) is 1.31. The molecule has 1 atom stereocenters. The first-order valence-corrected chi connectivity index (χ1v) is 3.82. The van der Waals surface area contributed by atoms with Crippen molar-refractivity contribution in [2.45, 2.75) is 12.5 Å². The zero-order valence-corrected chi connectivity index (χ0v) is 6.90. The summed E-state index contributed by atoms with van der Waals surface area (Å²) in [5.74, 6) is -2.99.